The van der Waals surface area contributed by atoms with Crippen molar-refractivity contribution in [3.63, 3.8) is 0 Å². The molecule has 1 N–H and O–H groups in total. The number of terminal acetylenes is 1. The van der Waals surface area contributed by atoms with Gasteiger partial charge < -0.3 is 18.5 Å². The number of hydrogen-bond acceptors (Lipinski definition) is 6. The Morgan fingerprint density at radius 2 is 1.95 bits per heavy atom. The molecule has 0 saturated heterocycles. The lowest BCUT2D eigenvalue weighted by Gasteiger charge is -2.18. The Morgan fingerprint density at radius 1 is 1.16 bits per heavy atom. The van der Waals surface area contributed by atoms with Gasteiger partial charge in [0, 0.05) is 39.8 Å². The molecule has 8 nitrogen and oxygen atoms in total. The lowest BCUT2D eigenvalue weighted by Crippen LogP contribution is -2.12. The van der Waals surface area contributed by atoms with E-state index in [-0.39, 0.29) is 23.3 Å². The van der Waals surface area contributed by atoms with Gasteiger partial charge in [0.05, 0.1) is 28.6 Å². The molecule has 192 valence electrons. The number of nitrogens with one attached hydrogen (secondary N) is 1. The molecule has 1 fully saturated rings. The van der Waals surface area contributed by atoms with Gasteiger partial charge in [-0.1, -0.05) is 15.9 Å². The molecule has 1 aliphatic rings. The molecule has 38 heavy (non-hydrogen) atoms. The maximum Gasteiger partial charge on any atom is 0.488 e. The summed E-state index contributed by atoms with van der Waals surface area (Å²) in [5, 5.41) is 1.85. The lowest BCUT2D eigenvalue weighted by molar-refractivity contribution is 0.244. The summed E-state index contributed by atoms with van der Waals surface area (Å²) >= 11 is 0. The second kappa shape index (κ2) is 8.60. The molecule has 0 amide bonds. The van der Waals surface area contributed by atoms with E-state index in [1.54, 1.807) is 6.07 Å². The number of ether oxygens (including phenoxy) is 1. The van der Waals surface area contributed by atoms with Crippen molar-refractivity contribution in [1.82, 2.24) is 14.5 Å². The van der Waals surface area contributed by atoms with Gasteiger partial charge in [0.1, 0.15) is 11.4 Å². The lowest BCUT2D eigenvalue weighted by atomic mass is 10.0. The zero-order valence-electron chi connectivity index (χ0n) is 20.5. The minimum absolute atomic E-state index is 0.148. The van der Waals surface area contributed by atoms with Crippen LogP contribution in [-0.2, 0) is 10.5 Å². The van der Waals surface area contributed by atoms with Crippen LogP contribution >= 0.6 is 0 Å². The van der Waals surface area contributed by atoms with Crippen molar-refractivity contribution < 1.29 is 21.2 Å². The highest BCUT2D eigenvalue weighted by molar-refractivity contribution is 7.81. The van der Waals surface area contributed by atoms with Crippen molar-refractivity contribution in [2.75, 3.05) is 0 Å². The Labute approximate surface area is 217 Å². The van der Waals surface area contributed by atoms with Gasteiger partial charge in [-0.3, -0.25) is 9.78 Å². The number of H-pyrrole nitrogens is 1. The molecule has 3 aromatic heterocycles. The van der Waals surface area contributed by atoms with E-state index in [0.29, 0.717) is 44.4 Å². The first-order valence-corrected chi connectivity index (χ1v) is 13.3. The average molecular weight is 532 g/mol. The Balaban J connectivity index is 1.69. The average Bonchev–Trinajstić information content (AvgIpc) is 3.62. The SMILES string of the molecule is C#Cc1ccc2c(c1)[nH]c1c2c(=O)c2cc(OC(C)C)c(-c3cncc(OS(=O)(=O)F)c3)cc2n1C1CC1. The molecular formula is C28H22FN3O5S. The number of nitrogens with zero attached hydrogens (tertiary/aromatic N) is 2. The van der Waals surface area contributed by atoms with E-state index in [9.17, 15) is 17.1 Å². The molecule has 5 aromatic rings. The summed E-state index contributed by atoms with van der Waals surface area (Å²) in [6, 6.07) is 10.6. The largest absolute Gasteiger partial charge is 0.490 e. The predicted octanol–water partition coefficient (Wildman–Crippen LogP) is 5.39. The molecule has 3 heterocycles. The fraction of sp³-hybridized carbons (Fsp3) is 0.214. The van der Waals surface area contributed by atoms with Gasteiger partial charge in [0.25, 0.3) is 0 Å². The normalized spacial score (nSPS) is 13.9. The third-order valence-corrected chi connectivity index (χ3v) is 6.90. The number of fused-ring (bicyclic) bond motifs is 4. The standard InChI is InChI=1S/C28H22FN3O5S/c1-4-16-5-8-20-23(9-16)31-28-26(20)27(33)22-12-25(36-15(2)3)21(11-24(22)32(28)18-6-7-18)17-10-19(14-30-13-17)37-38(29,34)35/h1,5,8-15,18,31H,6-7H2,2-3H3. The van der Waals surface area contributed by atoms with Crippen LogP contribution in [0.15, 0.2) is 53.6 Å². The van der Waals surface area contributed by atoms with Crippen LogP contribution in [0.2, 0.25) is 0 Å². The van der Waals surface area contributed by atoms with E-state index in [1.807, 2.05) is 38.1 Å². The number of benzene rings is 2. The fourth-order valence-electron chi connectivity index (χ4n) is 4.90. The molecule has 0 bridgehead atoms. The van der Waals surface area contributed by atoms with Gasteiger partial charge in [-0.2, -0.15) is 8.42 Å². The molecule has 6 rings (SSSR count). The van der Waals surface area contributed by atoms with Crippen LogP contribution in [0, 0.1) is 12.3 Å². The van der Waals surface area contributed by atoms with Crippen molar-refractivity contribution in [1.29, 1.82) is 0 Å². The maximum atomic E-state index is 13.9. The Kier molecular flexibility index (Phi) is 5.43. The molecule has 0 radical (unpaired) electrons. The molecule has 0 aliphatic heterocycles. The zero-order chi connectivity index (χ0) is 26.8. The number of halogens is 1. The Hall–Kier alpha value is -4.36. The molecular weight excluding hydrogens is 509 g/mol. The number of rotatable bonds is 6. The first kappa shape index (κ1) is 24.0. The van der Waals surface area contributed by atoms with Gasteiger partial charge in [0.15, 0.2) is 11.2 Å². The summed E-state index contributed by atoms with van der Waals surface area (Å²) in [6.07, 6.45) is 9.87. The highest BCUT2D eigenvalue weighted by atomic mass is 32.3. The number of pyridine rings is 2. The van der Waals surface area contributed by atoms with Crippen LogP contribution in [0.1, 0.15) is 38.3 Å². The smallest absolute Gasteiger partial charge is 0.488 e. The minimum Gasteiger partial charge on any atom is -0.490 e. The quantitative estimate of drug-likeness (QED) is 0.233. The minimum atomic E-state index is -5.23. The number of aromatic amines is 1. The van der Waals surface area contributed by atoms with Crippen molar-refractivity contribution in [3.8, 4) is 35.0 Å². The van der Waals surface area contributed by atoms with Gasteiger partial charge in [-0.05, 0) is 57.0 Å². The monoisotopic (exact) mass is 531 g/mol. The van der Waals surface area contributed by atoms with E-state index < -0.39 is 10.5 Å². The molecule has 2 aromatic carbocycles. The van der Waals surface area contributed by atoms with Crippen LogP contribution in [-0.4, -0.2) is 29.1 Å². The van der Waals surface area contributed by atoms with Crippen LogP contribution in [0.3, 0.4) is 0 Å². The van der Waals surface area contributed by atoms with E-state index in [0.717, 1.165) is 29.9 Å². The highest BCUT2D eigenvalue weighted by Crippen LogP contribution is 2.43. The first-order valence-electron chi connectivity index (χ1n) is 12.0. The van der Waals surface area contributed by atoms with E-state index in [1.165, 1.54) is 12.3 Å². The highest BCUT2D eigenvalue weighted by Gasteiger charge is 2.29. The van der Waals surface area contributed by atoms with E-state index >= 15 is 0 Å². The van der Waals surface area contributed by atoms with Crippen LogP contribution in [0.25, 0.3) is 44.0 Å². The molecule has 0 spiro atoms. The first-order chi connectivity index (χ1) is 18.1. The predicted molar refractivity (Wildman–Crippen MR) is 143 cm³/mol. The molecule has 1 saturated carbocycles. The van der Waals surface area contributed by atoms with Gasteiger partial charge in [-0.25, -0.2) is 0 Å². The molecule has 0 atom stereocenters. The van der Waals surface area contributed by atoms with Crippen molar-refractivity contribution in [2.24, 2.45) is 0 Å². The molecule has 10 heteroatoms. The molecule has 0 unspecified atom stereocenters. The summed E-state index contributed by atoms with van der Waals surface area (Å²) in [7, 11) is -5.23. The third kappa shape index (κ3) is 4.15. The van der Waals surface area contributed by atoms with Gasteiger partial charge in [0.2, 0.25) is 0 Å². The zero-order valence-corrected chi connectivity index (χ0v) is 21.3. The van der Waals surface area contributed by atoms with E-state index in [4.69, 9.17) is 11.2 Å². The molecule has 1 aliphatic carbocycles. The van der Waals surface area contributed by atoms with Crippen LogP contribution in [0.5, 0.6) is 11.5 Å². The summed E-state index contributed by atoms with van der Waals surface area (Å²) < 4.78 is 47.9. The number of aromatic nitrogens is 3. The van der Waals surface area contributed by atoms with Crippen molar-refractivity contribution >= 4 is 43.3 Å². The summed E-state index contributed by atoms with van der Waals surface area (Å²) in [5.41, 5.74) is 3.72. The second-order valence-corrected chi connectivity index (χ2v) is 10.6. The summed E-state index contributed by atoms with van der Waals surface area (Å²) in [4.78, 5) is 21.4. The van der Waals surface area contributed by atoms with Crippen LogP contribution in [0.4, 0.5) is 3.89 Å². The van der Waals surface area contributed by atoms with Crippen molar-refractivity contribution in [2.45, 2.75) is 38.8 Å². The van der Waals surface area contributed by atoms with Gasteiger partial charge in [-0.15, -0.1) is 6.42 Å². The third-order valence-electron chi connectivity index (χ3n) is 6.51. The van der Waals surface area contributed by atoms with Crippen molar-refractivity contribution in [3.05, 3.63) is 64.6 Å². The fourth-order valence-corrected chi connectivity index (χ4v) is 5.22. The summed E-state index contributed by atoms with van der Waals surface area (Å²) in [6.45, 7) is 3.71. The second-order valence-electron chi connectivity index (χ2n) is 9.60. The maximum absolute atomic E-state index is 13.9. The van der Waals surface area contributed by atoms with Gasteiger partial charge >= 0.3 is 10.5 Å². The van der Waals surface area contributed by atoms with Crippen LogP contribution < -0.4 is 14.3 Å². The summed E-state index contributed by atoms with van der Waals surface area (Å²) in [5.74, 6) is 2.76. The Bertz CT molecular complexity index is 1980. The van der Waals surface area contributed by atoms with E-state index in [2.05, 4.69) is 24.6 Å². The Morgan fingerprint density at radius 3 is 2.63 bits per heavy atom. The topological polar surface area (TPSA) is 103 Å². The number of hydrogen-bond donors (Lipinski definition) is 1.